The van der Waals surface area contributed by atoms with Crippen LogP contribution in [0.5, 0.6) is 0 Å². The van der Waals surface area contributed by atoms with Crippen LogP contribution in [-0.4, -0.2) is 37.0 Å². The molecule has 3 nitrogen and oxygen atoms in total. The van der Waals surface area contributed by atoms with Gasteiger partial charge in [-0.05, 0) is 24.2 Å². The van der Waals surface area contributed by atoms with Crippen LogP contribution in [0.4, 0.5) is 0 Å². The lowest BCUT2D eigenvalue weighted by Gasteiger charge is -2.27. The number of amides is 1. The van der Waals surface area contributed by atoms with Crippen molar-refractivity contribution in [2.24, 2.45) is 23.7 Å². The van der Waals surface area contributed by atoms with E-state index in [0.717, 1.165) is 50.4 Å². The largest absolute Gasteiger partial charge is 0.342 e. The van der Waals surface area contributed by atoms with Crippen molar-refractivity contribution < 1.29 is 4.79 Å². The molecule has 20 heavy (non-hydrogen) atoms. The molecule has 3 fully saturated rings. The second-order valence-electron chi connectivity index (χ2n) is 7.06. The molecule has 1 amide bonds. The number of likely N-dealkylation sites (tertiary alicyclic amines) is 1. The summed E-state index contributed by atoms with van der Waals surface area (Å²) in [5.74, 6) is 2.95. The van der Waals surface area contributed by atoms with E-state index in [1.165, 1.54) is 32.1 Å². The van der Waals surface area contributed by atoms with E-state index < -0.39 is 0 Å². The zero-order valence-electron chi connectivity index (χ0n) is 12.6. The van der Waals surface area contributed by atoms with Gasteiger partial charge in [-0.25, -0.2) is 0 Å². The van der Waals surface area contributed by atoms with Crippen LogP contribution in [-0.2, 0) is 4.79 Å². The summed E-state index contributed by atoms with van der Waals surface area (Å²) >= 11 is 0. The normalized spacial score (nSPS) is 31.8. The molecule has 116 valence electrons. The van der Waals surface area contributed by atoms with Crippen molar-refractivity contribution in [2.75, 3.05) is 26.2 Å². The van der Waals surface area contributed by atoms with Crippen molar-refractivity contribution in [1.82, 2.24) is 10.2 Å². The molecule has 0 aromatic heterocycles. The second kappa shape index (κ2) is 7.13. The topological polar surface area (TPSA) is 32.3 Å². The highest BCUT2D eigenvalue weighted by Crippen LogP contribution is 2.32. The number of hydrogen-bond acceptors (Lipinski definition) is 2. The number of nitrogens with zero attached hydrogens (tertiary/aromatic N) is 1. The molecule has 2 saturated heterocycles. The number of nitrogens with one attached hydrogen (secondary N) is 1. The van der Waals surface area contributed by atoms with Crippen LogP contribution >= 0.6 is 12.4 Å². The third-order valence-corrected chi connectivity index (χ3v) is 5.53. The third-order valence-electron chi connectivity index (χ3n) is 5.53. The highest BCUT2D eigenvalue weighted by atomic mass is 35.5. The fourth-order valence-corrected chi connectivity index (χ4v) is 4.37. The van der Waals surface area contributed by atoms with Gasteiger partial charge in [0.15, 0.2) is 0 Å². The molecule has 1 aliphatic carbocycles. The Balaban J connectivity index is 0.00000147. The molecule has 2 aliphatic heterocycles. The minimum absolute atomic E-state index is 0. The molecule has 3 aliphatic rings. The summed E-state index contributed by atoms with van der Waals surface area (Å²) < 4.78 is 0. The predicted molar refractivity (Wildman–Crippen MR) is 84.0 cm³/mol. The zero-order chi connectivity index (χ0) is 13.2. The van der Waals surface area contributed by atoms with Crippen LogP contribution in [0.25, 0.3) is 0 Å². The van der Waals surface area contributed by atoms with Gasteiger partial charge in [-0.15, -0.1) is 12.4 Å². The Labute approximate surface area is 129 Å². The van der Waals surface area contributed by atoms with E-state index in [2.05, 4.69) is 17.1 Å². The van der Waals surface area contributed by atoms with Crippen molar-refractivity contribution in [1.29, 1.82) is 0 Å². The first-order valence-electron chi connectivity index (χ1n) is 8.23. The quantitative estimate of drug-likeness (QED) is 0.869. The Morgan fingerprint density at radius 2 is 1.75 bits per heavy atom. The maximum absolute atomic E-state index is 12.6. The Morgan fingerprint density at radius 3 is 2.35 bits per heavy atom. The maximum Gasteiger partial charge on any atom is 0.225 e. The summed E-state index contributed by atoms with van der Waals surface area (Å²) in [4.78, 5) is 14.7. The zero-order valence-corrected chi connectivity index (χ0v) is 13.5. The molecule has 1 saturated carbocycles. The summed E-state index contributed by atoms with van der Waals surface area (Å²) in [7, 11) is 0. The van der Waals surface area contributed by atoms with Gasteiger partial charge in [-0.1, -0.05) is 39.0 Å². The molecule has 4 heteroatoms. The van der Waals surface area contributed by atoms with Crippen molar-refractivity contribution in [2.45, 2.75) is 45.4 Å². The number of hydrogen-bond donors (Lipinski definition) is 1. The molecule has 0 aromatic rings. The first kappa shape index (κ1) is 16.1. The number of halogens is 1. The van der Waals surface area contributed by atoms with Gasteiger partial charge in [0.25, 0.3) is 0 Å². The minimum atomic E-state index is 0. The summed E-state index contributed by atoms with van der Waals surface area (Å²) in [5.41, 5.74) is 0. The lowest BCUT2D eigenvalue weighted by atomic mass is 9.83. The highest BCUT2D eigenvalue weighted by Gasteiger charge is 2.39. The molecule has 3 rings (SSSR count). The molecular formula is C16H29ClN2O. The third kappa shape index (κ3) is 3.48. The van der Waals surface area contributed by atoms with Crippen molar-refractivity contribution in [3.8, 4) is 0 Å². The van der Waals surface area contributed by atoms with E-state index in [1.54, 1.807) is 0 Å². The lowest BCUT2D eigenvalue weighted by molar-refractivity contribution is -0.134. The maximum atomic E-state index is 12.6. The van der Waals surface area contributed by atoms with Crippen molar-refractivity contribution in [3.05, 3.63) is 0 Å². The van der Waals surface area contributed by atoms with Crippen LogP contribution in [0.2, 0.25) is 0 Å². The fraction of sp³-hybridized carbons (Fsp3) is 0.938. The number of carbonyl (C=O) groups excluding carboxylic acids is 1. The fourth-order valence-electron chi connectivity index (χ4n) is 4.37. The highest BCUT2D eigenvalue weighted by molar-refractivity contribution is 5.85. The van der Waals surface area contributed by atoms with E-state index in [0.29, 0.717) is 5.91 Å². The molecule has 0 spiro atoms. The molecule has 3 atom stereocenters. The van der Waals surface area contributed by atoms with Gasteiger partial charge in [0.1, 0.15) is 0 Å². The van der Waals surface area contributed by atoms with Gasteiger partial charge in [-0.2, -0.15) is 0 Å². The van der Waals surface area contributed by atoms with E-state index >= 15 is 0 Å². The lowest BCUT2D eigenvalue weighted by Crippen LogP contribution is -2.36. The molecular weight excluding hydrogens is 272 g/mol. The van der Waals surface area contributed by atoms with Crippen LogP contribution < -0.4 is 5.32 Å². The molecule has 0 bridgehead atoms. The van der Waals surface area contributed by atoms with Crippen molar-refractivity contribution in [3.63, 3.8) is 0 Å². The standard InChI is InChI=1S/C16H28N2O.ClH/c1-12(7-13-5-3-2-4-6-13)16(19)18-10-14-8-17-9-15(14)11-18;/h12-15,17H,2-11H2,1H3;1H/t12?,14-,15+;. The summed E-state index contributed by atoms with van der Waals surface area (Å²) in [6, 6.07) is 0. The molecule has 0 radical (unpaired) electrons. The molecule has 1 N–H and O–H groups in total. The second-order valence-corrected chi connectivity index (χ2v) is 7.06. The molecule has 0 aromatic carbocycles. The van der Waals surface area contributed by atoms with Gasteiger partial charge in [0, 0.05) is 32.1 Å². The SMILES string of the molecule is CC(CC1CCCCC1)C(=O)N1C[C@H]2CNC[C@H]2C1.Cl. The Hall–Kier alpha value is -0.280. The first-order chi connectivity index (χ1) is 9.24. The van der Waals surface area contributed by atoms with Crippen LogP contribution in [0.15, 0.2) is 0 Å². The van der Waals surface area contributed by atoms with Gasteiger partial charge in [-0.3, -0.25) is 4.79 Å². The van der Waals surface area contributed by atoms with Gasteiger partial charge >= 0.3 is 0 Å². The Kier molecular flexibility index (Phi) is 5.74. The van der Waals surface area contributed by atoms with Crippen LogP contribution in [0.3, 0.4) is 0 Å². The predicted octanol–water partition coefficient (Wildman–Crippen LogP) is 2.69. The van der Waals surface area contributed by atoms with E-state index in [9.17, 15) is 4.79 Å². The molecule has 2 heterocycles. The monoisotopic (exact) mass is 300 g/mol. The average molecular weight is 301 g/mol. The van der Waals surface area contributed by atoms with Crippen LogP contribution in [0.1, 0.15) is 45.4 Å². The van der Waals surface area contributed by atoms with Crippen LogP contribution in [0, 0.1) is 23.7 Å². The minimum Gasteiger partial charge on any atom is -0.342 e. The van der Waals surface area contributed by atoms with Crippen molar-refractivity contribution >= 4 is 18.3 Å². The summed E-state index contributed by atoms with van der Waals surface area (Å²) in [6.07, 6.45) is 8.00. The molecule has 1 unspecified atom stereocenters. The first-order valence-corrected chi connectivity index (χ1v) is 8.23. The summed E-state index contributed by atoms with van der Waals surface area (Å²) in [5, 5.41) is 3.44. The van der Waals surface area contributed by atoms with E-state index in [1.807, 2.05) is 0 Å². The average Bonchev–Trinajstić information content (AvgIpc) is 2.99. The number of fused-ring (bicyclic) bond motifs is 1. The smallest absolute Gasteiger partial charge is 0.225 e. The number of rotatable bonds is 3. The van der Waals surface area contributed by atoms with Gasteiger partial charge in [0.05, 0.1) is 0 Å². The Bertz CT molecular complexity index is 318. The van der Waals surface area contributed by atoms with Gasteiger partial charge < -0.3 is 10.2 Å². The van der Waals surface area contributed by atoms with E-state index in [-0.39, 0.29) is 18.3 Å². The summed E-state index contributed by atoms with van der Waals surface area (Å²) in [6.45, 7) is 6.40. The Morgan fingerprint density at radius 1 is 1.15 bits per heavy atom. The number of carbonyl (C=O) groups is 1. The van der Waals surface area contributed by atoms with E-state index in [4.69, 9.17) is 0 Å². The van der Waals surface area contributed by atoms with Gasteiger partial charge in [0.2, 0.25) is 5.91 Å².